The molecule has 2 aromatic heterocycles. The summed E-state index contributed by atoms with van der Waals surface area (Å²) in [6, 6.07) is 18.4. The number of sulfone groups is 1. The number of aromatic amines is 1. The Labute approximate surface area is 163 Å². The van der Waals surface area contributed by atoms with E-state index < -0.39 is 9.84 Å². The summed E-state index contributed by atoms with van der Waals surface area (Å²) < 4.78 is 28.9. The number of H-pyrrole nitrogens is 1. The van der Waals surface area contributed by atoms with Gasteiger partial charge in [0.1, 0.15) is 11.6 Å². The van der Waals surface area contributed by atoms with Crippen LogP contribution in [0.5, 0.6) is 5.75 Å². The summed E-state index contributed by atoms with van der Waals surface area (Å²) in [7, 11) is -1.64. The Morgan fingerprint density at radius 2 is 1.86 bits per heavy atom. The molecule has 6 nitrogen and oxygen atoms in total. The number of rotatable bonds is 5. The second-order valence-corrected chi connectivity index (χ2v) is 8.48. The third-order valence-corrected chi connectivity index (χ3v) is 5.56. The standard InChI is InChI=1S/C21H19N3O3S/c1-27-16-7-3-5-14(11-16)20-13-18-19(24-20)9-10-22-21(18)23-15-6-4-8-17(12-15)28(2,25)26/h3-13,24H,1-2H3,(H,22,23). The Hall–Kier alpha value is -3.32. The number of hydrogen-bond acceptors (Lipinski definition) is 5. The van der Waals surface area contributed by atoms with E-state index in [2.05, 4.69) is 15.3 Å². The van der Waals surface area contributed by atoms with Gasteiger partial charge < -0.3 is 15.0 Å². The summed E-state index contributed by atoms with van der Waals surface area (Å²) in [6.45, 7) is 0. The van der Waals surface area contributed by atoms with Gasteiger partial charge >= 0.3 is 0 Å². The van der Waals surface area contributed by atoms with Crippen LogP contribution < -0.4 is 10.1 Å². The molecule has 2 heterocycles. The average Bonchev–Trinajstić information content (AvgIpc) is 3.13. The highest BCUT2D eigenvalue weighted by atomic mass is 32.2. The van der Waals surface area contributed by atoms with Gasteiger partial charge in [0.05, 0.1) is 17.5 Å². The van der Waals surface area contributed by atoms with Crippen LogP contribution in [-0.4, -0.2) is 31.8 Å². The summed E-state index contributed by atoms with van der Waals surface area (Å²) in [5.74, 6) is 1.43. The lowest BCUT2D eigenvalue weighted by Gasteiger charge is -2.08. The van der Waals surface area contributed by atoms with E-state index in [1.165, 1.54) is 6.26 Å². The van der Waals surface area contributed by atoms with Gasteiger partial charge in [0.25, 0.3) is 0 Å². The largest absolute Gasteiger partial charge is 0.497 e. The molecule has 7 heteroatoms. The first-order valence-corrected chi connectivity index (χ1v) is 10.5. The maximum absolute atomic E-state index is 11.8. The van der Waals surface area contributed by atoms with Crippen molar-refractivity contribution in [1.29, 1.82) is 0 Å². The number of hydrogen-bond donors (Lipinski definition) is 2. The minimum absolute atomic E-state index is 0.260. The van der Waals surface area contributed by atoms with Gasteiger partial charge in [0.15, 0.2) is 9.84 Å². The van der Waals surface area contributed by atoms with Crippen molar-refractivity contribution in [2.75, 3.05) is 18.7 Å². The van der Waals surface area contributed by atoms with Gasteiger partial charge in [-0.2, -0.15) is 0 Å². The lowest BCUT2D eigenvalue weighted by molar-refractivity contribution is 0.415. The predicted octanol–water partition coefficient (Wildman–Crippen LogP) is 4.39. The number of nitrogens with one attached hydrogen (secondary N) is 2. The fraction of sp³-hybridized carbons (Fsp3) is 0.0952. The Morgan fingerprint density at radius 1 is 1.04 bits per heavy atom. The van der Waals surface area contributed by atoms with Gasteiger partial charge in [-0.3, -0.25) is 0 Å². The van der Waals surface area contributed by atoms with Gasteiger partial charge in [0.2, 0.25) is 0 Å². The number of benzene rings is 2. The molecule has 0 atom stereocenters. The van der Waals surface area contributed by atoms with Crippen LogP contribution in [0.25, 0.3) is 22.2 Å². The second-order valence-electron chi connectivity index (χ2n) is 6.46. The highest BCUT2D eigenvalue weighted by Gasteiger charge is 2.11. The van der Waals surface area contributed by atoms with Crippen molar-refractivity contribution >= 4 is 32.2 Å². The van der Waals surface area contributed by atoms with Crippen molar-refractivity contribution in [1.82, 2.24) is 9.97 Å². The molecule has 0 amide bonds. The Morgan fingerprint density at radius 3 is 2.64 bits per heavy atom. The average molecular weight is 393 g/mol. The first kappa shape index (κ1) is 18.1. The maximum atomic E-state index is 11.8. The number of anilines is 2. The summed E-state index contributed by atoms with van der Waals surface area (Å²) in [6.07, 6.45) is 2.90. The number of ether oxygens (including phenoxy) is 1. The van der Waals surface area contributed by atoms with Crippen LogP contribution in [0.15, 0.2) is 71.8 Å². The van der Waals surface area contributed by atoms with Crippen LogP contribution in [0, 0.1) is 0 Å². The minimum Gasteiger partial charge on any atom is -0.497 e. The van der Waals surface area contributed by atoms with E-state index in [-0.39, 0.29) is 4.90 Å². The summed E-state index contributed by atoms with van der Waals surface area (Å²) in [4.78, 5) is 8.08. The van der Waals surface area contributed by atoms with Crippen molar-refractivity contribution in [2.45, 2.75) is 4.90 Å². The summed E-state index contributed by atoms with van der Waals surface area (Å²) in [5, 5.41) is 4.13. The molecule has 0 aliphatic rings. The zero-order valence-corrected chi connectivity index (χ0v) is 16.2. The fourth-order valence-corrected chi connectivity index (χ4v) is 3.71. The molecular formula is C21H19N3O3S. The van der Waals surface area contributed by atoms with E-state index >= 15 is 0 Å². The molecule has 4 aromatic rings. The SMILES string of the molecule is COc1cccc(-c2cc3c(Nc4cccc(S(C)(=O)=O)c4)nccc3[nH]2)c1. The molecule has 0 radical (unpaired) electrons. The van der Waals surface area contributed by atoms with Gasteiger partial charge in [-0.1, -0.05) is 18.2 Å². The molecule has 0 aliphatic carbocycles. The molecule has 4 rings (SSSR count). The molecule has 0 saturated carbocycles. The molecule has 0 unspecified atom stereocenters. The van der Waals surface area contributed by atoms with E-state index in [0.29, 0.717) is 11.5 Å². The van der Waals surface area contributed by atoms with E-state index in [4.69, 9.17) is 4.74 Å². The van der Waals surface area contributed by atoms with Gasteiger partial charge in [-0.25, -0.2) is 13.4 Å². The Bertz CT molecular complexity index is 1260. The molecule has 2 aromatic carbocycles. The quantitative estimate of drug-likeness (QED) is 0.525. The van der Waals surface area contributed by atoms with Crippen molar-refractivity contribution < 1.29 is 13.2 Å². The molecule has 0 aliphatic heterocycles. The lowest BCUT2D eigenvalue weighted by Crippen LogP contribution is -1.99. The summed E-state index contributed by atoms with van der Waals surface area (Å²) in [5.41, 5.74) is 3.53. The Balaban J connectivity index is 1.74. The van der Waals surface area contributed by atoms with Crippen molar-refractivity contribution in [3.8, 4) is 17.0 Å². The third-order valence-electron chi connectivity index (χ3n) is 4.45. The van der Waals surface area contributed by atoms with E-state index in [0.717, 1.165) is 27.9 Å². The maximum Gasteiger partial charge on any atom is 0.175 e. The van der Waals surface area contributed by atoms with Crippen LogP contribution in [0.4, 0.5) is 11.5 Å². The van der Waals surface area contributed by atoms with E-state index in [9.17, 15) is 8.42 Å². The van der Waals surface area contributed by atoms with Crippen LogP contribution in [-0.2, 0) is 9.84 Å². The number of nitrogens with zero attached hydrogens (tertiary/aromatic N) is 1. The second kappa shape index (κ2) is 7.01. The normalized spacial score (nSPS) is 11.5. The number of methoxy groups -OCH3 is 1. The van der Waals surface area contributed by atoms with Crippen LogP contribution in [0.1, 0.15) is 0 Å². The molecule has 0 bridgehead atoms. The highest BCUT2D eigenvalue weighted by Crippen LogP contribution is 2.31. The predicted molar refractivity (Wildman–Crippen MR) is 111 cm³/mol. The number of fused-ring (bicyclic) bond motifs is 1. The molecular weight excluding hydrogens is 374 g/mol. The number of pyridine rings is 1. The fourth-order valence-electron chi connectivity index (χ4n) is 3.04. The topological polar surface area (TPSA) is 84.1 Å². The molecule has 0 saturated heterocycles. The first-order valence-electron chi connectivity index (χ1n) is 8.63. The Kier molecular flexibility index (Phi) is 4.52. The smallest absolute Gasteiger partial charge is 0.175 e. The molecule has 142 valence electrons. The molecule has 0 fully saturated rings. The van der Waals surface area contributed by atoms with Crippen molar-refractivity contribution in [3.05, 3.63) is 66.9 Å². The summed E-state index contributed by atoms with van der Waals surface area (Å²) >= 11 is 0. The first-order chi connectivity index (χ1) is 13.4. The minimum atomic E-state index is -3.28. The third kappa shape index (κ3) is 3.57. The van der Waals surface area contributed by atoms with Crippen LogP contribution in [0.3, 0.4) is 0 Å². The van der Waals surface area contributed by atoms with Crippen molar-refractivity contribution in [3.63, 3.8) is 0 Å². The van der Waals surface area contributed by atoms with Gasteiger partial charge in [-0.05, 0) is 42.5 Å². The highest BCUT2D eigenvalue weighted by molar-refractivity contribution is 7.90. The zero-order valence-electron chi connectivity index (χ0n) is 15.4. The van der Waals surface area contributed by atoms with E-state index in [1.807, 2.05) is 42.5 Å². The lowest BCUT2D eigenvalue weighted by atomic mass is 10.1. The van der Waals surface area contributed by atoms with Gasteiger partial charge in [-0.15, -0.1) is 0 Å². The van der Waals surface area contributed by atoms with Crippen molar-refractivity contribution in [2.24, 2.45) is 0 Å². The number of aromatic nitrogens is 2. The van der Waals surface area contributed by atoms with Crippen LogP contribution >= 0.6 is 0 Å². The monoisotopic (exact) mass is 393 g/mol. The molecule has 0 spiro atoms. The van der Waals surface area contributed by atoms with E-state index in [1.54, 1.807) is 31.5 Å². The molecule has 28 heavy (non-hydrogen) atoms. The van der Waals surface area contributed by atoms with Crippen LogP contribution in [0.2, 0.25) is 0 Å². The molecule has 2 N–H and O–H groups in total. The van der Waals surface area contributed by atoms with Gasteiger partial charge in [0, 0.05) is 34.8 Å². The zero-order chi connectivity index (χ0) is 19.7.